The summed E-state index contributed by atoms with van der Waals surface area (Å²) in [5.41, 5.74) is 3.10. The smallest absolute Gasteiger partial charge is 0.246 e. The van der Waals surface area contributed by atoms with Crippen molar-refractivity contribution in [2.75, 3.05) is 39.6 Å². The van der Waals surface area contributed by atoms with E-state index in [0.29, 0.717) is 38.5 Å². The van der Waals surface area contributed by atoms with E-state index in [1.807, 2.05) is 45.0 Å². The van der Waals surface area contributed by atoms with E-state index in [9.17, 15) is 8.42 Å². The zero-order chi connectivity index (χ0) is 22.0. The average molecular weight is 447 g/mol. The quantitative estimate of drug-likeness (QED) is 0.650. The van der Waals surface area contributed by atoms with Crippen LogP contribution in [0, 0.1) is 13.8 Å². The predicted octanol–water partition coefficient (Wildman–Crippen LogP) is 3.33. The van der Waals surface area contributed by atoms with Crippen LogP contribution in [0.2, 0.25) is 0 Å². The van der Waals surface area contributed by atoms with Crippen LogP contribution >= 0.6 is 0 Å². The van der Waals surface area contributed by atoms with Crippen LogP contribution in [0.25, 0.3) is 0 Å². The number of ether oxygens (including phenoxy) is 3. The van der Waals surface area contributed by atoms with Crippen molar-refractivity contribution in [3.8, 4) is 17.2 Å². The molecule has 0 aromatic heterocycles. The average Bonchev–Trinajstić information content (AvgIpc) is 3.22. The Bertz CT molecular complexity index is 1050. The summed E-state index contributed by atoms with van der Waals surface area (Å²) >= 11 is 0. The molecule has 2 aromatic rings. The van der Waals surface area contributed by atoms with E-state index in [0.717, 1.165) is 41.2 Å². The van der Waals surface area contributed by atoms with Crippen LogP contribution in [-0.4, -0.2) is 57.2 Å². The van der Waals surface area contributed by atoms with Gasteiger partial charge in [-0.15, -0.1) is 0 Å². The highest BCUT2D eigenvalue weighted by molar-refractivity contribution is 7.89. The minimum atomic E-state index is -3.62. The minimum Gasteiger partial charge on any atom is -0.492 e. The second kappa shape index (κ2) is 9.06. The molecule has 0 N–H and O–H groups in total. The summed E-state index contributed by atoms with van der Waals surface area (Å²) in [5.74, 6) is 2.00. The van der Waals surface area contributed by atoms with Crippen molar-refractivity contribution in [3.05, 3.63) is 47.0 Å². The van der Waals surface area contributed by atoms with Gasteiger partial charge in [-0.25, -0.2) is 8.42 Å². The lowest BCUT2D eigenvalue weighted by Gasteiger charge is -2.34. The highest BCUT2D eigenvalue weighted by Crippen LogP contribution is 2.33. The van der Waals surface area contributed by atoms with Gasteiger partial charge >= 0.3 is 0 Å². The van der Waals surface area contributed by atoms with Gasteiger partial charge < -0.3 is 14.2 Å². The lowest BCUT2D eigenvalue weighted by Crippen LogP contribution is -2.48. The van der Waals surface area contributed by atoms with Gasteiger partial charge in [0.05, 0.1) is 6.61 Å². The Labute approximate surface area is 184 Å². The van der Waals surface area contributed by atoms with Crippen molar-refractivity contribution in [1.82, 2.24) is 9.21 Å². The number of rotatable bonds is 7. The topological polar surface area (TPSA) is 68.3 Å². The molecule has 1 fully saturated rings. The Morgan fingerprint density at radius 1 is 0.968 bits per heavy atom. The monoisotopic (exact) mass is 446 g/mol. The number of aryl methyl sites for hydroxylation is 2. The molecule has 2 aliphatic rings. The fourth-order valence-corrected chi connectivity index (χ4v) is 5.47. The summed E-state index contributed by atoms with van der Waals surface area (Å²) in [4.78, 5) is 2.53. The molecule has 2 aliphatic heterocycles. The van der Waals surface area contributed by atoms with Crippen LogP contribution < -0.4 is 14.2 Å². The zero-order valence-corrected chi connectivity index (χ0v) is 19.2. The van der Waals surface area contributed by atoms with Crippen LogP contribution in [0.1, 0.15) is 30.0 Å². The fraction of sp³-hybridized carbons (Fsp3) is 0.478. The Balaban J connectivity index is 1.45. The molecule has 0 saturated carbocycles. The first-order chi connectivity index (χ1) is 14.9. The molecule has 7 nitrogen and oxygen atoms in total. The molecule has 4 rings (SSSR count). The molecule has 0 bridgehead atoms. The summed E-state index contributed by atoms with van der Waals surface area (Å²) in [7, 11) is -3.62. The molecule has 0 aliphatic carbocycles. The van der Waals surface area contributed by atoms with Crippen molar-refractivity contribution < 1.29 is 22.6 Å². The molecule has 8 heteroatoms. The van der Waals surface area contributed by atoms with Gasteiger partial charge in [0, 0.05) is 32.7 Å². The van der Waals surface area contributed by atoms with Crippen molar-refractivity contribution in [2.24, 2.45) is 0 Å². The number of hydrogen-bond acceptors (Lipinski definition) is 6. The van der Waals surface area contributed by atoms with Gasteiger partial charge in [-0.1, -0.05) is 13.0 Å². The summed E-state index contributed by atoms with van der Waals surface area (Å²) in [6.07, 6.45) is 0.824. The summed E-state index contributed by atoms with van der Waals surface area (Å²) < 4.78 is 45.0. The standard InChI is InChI=1S/C23H30N2O5S/c1-4-11-28-22-12-17(2)18(3)13-23(22)31(26,27)25-9-7-24(8-10-25)15-19-5-6-20-21(14-19)30-16-29-20/h5-6,12-14H,4,7-11,15-16H2,1-3H3. The van der Waals surface area contributed by atoms with Crippen LogP contribution in [0.5, 0.6) is 17.2 Å². The van der Waals surface area contributed by atoms with Crippen molar-refractivity contribution in [2.45, 2.75) is 38.6 Å². The third-order valence-corrected chi connectivity index (χ3v) is 7.73. The maximum absolute atomic E-state index is 13.4. The van der Waals surface area contributed by atoms with E-state index < -0.39 is 10.0 Å². The van der Waals surface area contributed by atoms with E-state index in [-0.39, 0.29) is 11.7 Å². The second-order valence-corrected chi connectivity index (χ2v) is 10.0. The van der Waals surface area contributed by atoms with Crippen molar-refractivity contribution in [3.63, 3.8) is 0 Å². The number of sulfonamides is 1. The third kappa shape index (κ3) is 4.66. The lowest BCUT2D eigenvalue weighted by molar-refractivity contribution is 0.173. The molecule has 0 atom stereocenters. The summed E-state index contributed by atoms with van der Waals surface area (Å²) in [5, 5.41) is 0. The Kier molecular flexibility index (Phi) is 6.41. The van der Waals surface area contributed by atoms with E-state index in [2.05, 4.69) is 4.90 Å². The number of nitrogens with zero attached hydrogens (tertiary/aromatic N) is 2. The highest BCUT2D eigenvalue weighted by atomic mass is 32.2. The molecule has 0 radical (unpaired) electrons. The Hall–Kier alpha value is -2.29. The second-order valence-electron chi connectivity index (χ2n) is 8.10. The van der Waals surface area contributed by atoms with Crippen LogP contribution in [0.15, 0.2) is 35.2 Å². The molecular formula is C23H30N2O5S. The molecule has 168 valence electrons. The number of piperazine rings is 1. The largest absolute Gasteiger partial charge is 0.492 e. The fourth-order valence-electron chi connectivity index (χ4n) is 3.85. The number of fused-ring (bicyclic) bond motifs is 1. The molecule has 1 saturated heterocycles. The predicted molar refractivity (Wildman–Crippen MR) is 118 cm³/mol. The molecule has 0 spiro atoms. The number of hydrogen-bond donors (Lipinski definition) is 0. The van der Waals surface area contributed by atoms with E-state index >= 15 is 0 Å². The number of benzene rings is 2. The Morgan fingerprint density at radius 2 is 1.68 bits per heavy atom. The summed E-state index contributed by atoms with van der Waals surface area (Å²) in [6.45, 7) is 9.66. The zero-order valence-electron chi connectivity index (χ0n) is 18.4. The normalized spacial score (nSPS) is 17.1. The van der Waals surface area contributed by atoms with Crippen LogP contribution in [-0.2, 0) is 16.6 Å². The highest BCUT2D eigenvalue weighted by Gasteiger charge is 2.31. The Morgan fingerprint density at radius 3 is 2.42 bits per heavy atom. The first kappa shape index (κ1) is 21.9. The van der Waals surface area contributed by atoms with Crippen LogP contribution in [0.3, 0.4) is 0 Å². The first-order valence-corrected chi connectivity index (χ1v) is 12.2. The molecule has 2 aromatic carbocycles. The molecular weight excluding hydrogens is 416 g/mol. The van der Waals surface area contributed by atoms with Gasteiger partial charge in [0.25, 0.3) is 0 Å². The maximum atomic E-state index is 13.4. The first-order valence-electron chi connectivity index (χ1n) is 10.7. The van der Waals surface area contributed by atoms with Crippen molar-refractivity contribution in [1.29, 1.82) is 0 Å². The van der Waals surface area contributed by atoms with E-state index in [1.54, 1.807) is 10.4 Å². The lowest BCUT2D eigenvalue weighted by atomic mass is 10.1. The van der Waals surface area contributed by atoms with Gasteiger partial charge in [0.15, 0.2) is 11.5 Å². The van der Waals surface area contributed by atoms with Crippen molar-refractivity contribution >= 4 is 10.0 Å². The van der Waals surface area contributed by atoms with E-state index in [4.69, 9.17) is 14.2 Å². The van der Waals surface area contributed by atoms with Gasteiger partial charge in [0.2, 0.25) is 16.8 Å². The molecule has 0 amide bonds. The maximum Gasteiger partial charge on any atom is 0.246 e. The molecule has 2 heterocycles. The molecule has 31 heavy (non-hydrogen) atoms. The van der Waals surface area contributed by atoms with Gasteiger partial charge in [-0.05, 0) is 61.2 Å². The third-order valence-electron chi connectivity index (χ3n) is 5.81. The summed E-state index contributed by atoms with van der Waals surface area (Å²) in [6, 6.07) is 9.54. The minimum absolute atomic E-state index is 0.262. The SMILES string of the molecule is CCCOc1cc(C)c(C)cc1S(=O)(=O)N1CCN(Cc2ccc3c(c2)OCO3)CC1. The van der Waals surface area contributed by atoms with Gasteiger partial charge in [0.1, 0.15) is 10.6 Å². The van der Waals surface area contributed by atoms with Crippen LogP contribution in [0.4, 0.5) is 0 Å². The molecule has 0 unspecified atom stereocenters. The van der Waals surface area contributed by atoms with E-state index in [1.165, 1.54) is 0 Å². The van der Waals surface area contributed by atoms with Gasteiger partial charge in [-0.2, -0.15) is 4.31 Å². The van der Waals surface area contributed by atoms with Gasteiger partial charge in [-0.3, -0.25) is 4.90 Å².